The van der Waals surface area contributed by atoms with Crippen LogP contribution in [0.3, 0.4) is 0 Å². The zero-order valence-corrected chi connectivity index (χ0v) is 20.5. The van der Waals surface area contributed by atoms with Gasteiger partial charge in [-0.05, 0) is 53.9 Å². The minimum Gasteiger partial charge on any atom is -0.493 e. The molecule has 0 spiro atoms. The Morgan fingerprint density at radius 3 is 2.65 bits per heavy atom. The Kier molecular flexibility index (Phi) is 8.05. The number of pyridine rings is 1. The summed E-state index contributed by atoms with van der Waals surface area (Å²) in [6.45, 7) is 2.23. The van der Waals surface area contributed by atoms with Gasteiger partial charge in [0.1, 0.15) is 0 Å². The molecule has 1 aromatic heterocycles. The van der Waals surface area contributed by atoms with E-state index < -0.39 is 10.0 Å². The summed E-state index contributed by atoms with van der Waals surface area (Å²) in [6.07, 6.45) is 4.27. The van der Waals surface area contributed by atoms with E-state index in [0.717, 1.165) is 24.2 Å². The number of hydrogen-bond donors (Lipinski definition) is 0. The lowest BCUT2D eigenvalue weighted by Crippen LogP contribution is -2.30. The molecule has 1 unspecified atom stereocenters. The second kappa shape index (κ2) is 11.2. The van der Waals surface area contributed by atoms with Crippen LogP contribution in [0.15, 0.2) is 71.9 Å². The molecule has 1 atom stereocenters. The standard InChI is InChI=1S/C25H27ClN2O5S/c1-31-24-8-7-19(12-25(24)33-18-21-9-11-32-17-21)15-28(16-20-4-3-10-27-14-20)34(29,30)23-6-2-5-22(26)13-23/h2-8,10,12-14,21H,9,11,15-18H2,1H3. The molecule has 7 nitrogen and oxygen atoms in total. The third-order valence-electron chi connectivity index (χ3n) is 5.60. The fourth-order valence-electron chi connectivity index (χ4n) is 3.76. The molecule has 9 heteroatoms. The smallest absolute Gasteiger partial charge is 0.243 e. The van der Waals surface area contributed by atoms with E-state index in [9.17, 15) is 8.42 Å². The molecule has 2 heterocycles. The number of ether oxygens (including phenoxy) is 3. The summed E-state index contributed by atoms with van der Waals surface area (Å²) in [7, 11) is -2.26. The maximum absolute atomic E-state index is 13.6. The van der Waals surface area contributed by atoms with Gasteiger partial charge in [-0.1, -0.05) is 29.8 Å². The van der Waals surface area contributed by atoms with E-state index in [4.69, 9.17) is 25.8 Å². The molecule has 2 aromatic carbocycles. The van der Waals surface area contributed by atoms with Crippen molar-refractivity contribution in [3.8, 4) is 11.5 Å². The molecular weight excluding hydrogens is 476 g/mol. The Balaban J connectivity index is 1.62. The summed E-state index contributed by atoms with van der Waals surface area (Å²) in [4.78, 5) is 4.26. The number of rotatable bonds is 10. The number of halogens is 1. The Labute approximate surface area is 205 Å². The lowest BCUT2D eigenvalue weighted by atomic mass is 10.1. The fraction of sp³-hybridized carbons (Fsp3) is 0.320. The molecule has 0 aliphatic carbocycles. The summed E-state index contributed by atoms with van der Waals surface area (Å²) in [5.74, 6) is 1.51. The number of nitrogens with zero attached hydrogens (tertiary/aromatic N) is 2. The predicted octanol–water partition coefficient (Wildman–Crippen LogP) is 4.55. The highest BCUT2D eigenvalue weighted by Crippen LogP contribution is 2.31. The van der Waals surface area contributed by atoms with Gasteiger partial charge in [-0.25, -0.2) is 8.42 Å². The van der Waals surface area contributed by atoms with E-state index in [-0.39, 0.29) is 18.0 Å². The minimum atomic E-state index is -3.84. The summed E-state index contributed by atoms with van der Waals surface area (Å²) < 4.78 is 45.5. The third-order valence-corrected chi connectivity index (χ3v) is 7.62. The van der Waals surface area contributed by atoms with Crippen LogP contribution in [0.25, 0.3) is 0 Å². The molecular formula is C25H27ClN2O5S. The average Bonchev–Trinajstić information content (AvgIpc) is 3.37. The summed E-state index contributed by atoms with van der Waals surface area (Å²) in [5.41, 5.74) is 1.55. The van der Waals surface area contributed by atoms with Gasteiger partial charge in [-0.3, -0.25) is 4.98 Å². The number of sulfonamides is 1. The van der Waals surface area contributed by atoms with Gasteiger partial charge in [-0.15, -0.1) is 0 Å². The van der Waals surface area contributed by atoms with Crippen LogP contribution in [0.1, 0.15) is 17.5 Å². The van der Waals surface area contributed by atoms with Crippen LogP contribution >= 0.6 is 11.6 Å². The first-order chi connectivity index (χ1) is 16.5. The van der Waals surface area contributed by atoms with Gasteiger partial charge in [-0.2, -0.15) is 4.31 Å². The molecule has 0 saturated carbocycles. The molecule has 0 bridgehead atoms. The molecule has 3 aromatic rings. The van der Waals surface area contributed by atoms with Crippen molar-refractivity contribution in [1.82, 2.24) is 9.29 Å². The minimum absolute atomic E-state index is 0.134. The fourth-order valence-corrected chi connectivity index (χ4v) is 5.47. The van der Waals surface area contributed by atoms with Crippen molar-refractivity contribution >= 4 is 21.6 Å². The van der Waals surface area contributed by atoms with Crippen LogP contribution in [-0.2, 0) is 27.8 Å². The van der Waals surface area contributed by atoms with Gasteiger partial charge in [0, 0.05) is 43.0 Å². The van der Waals surface area contributed by atoms with E-state index in [1.54, 1.807) is 49.8 Å². The molecule has 4 rings (SSSR count). The summed E-state index contributed by atoms with van der Waals surface area (Å²) in [5, 5.41) is 0.360. The Hall–Kier alpha value is -2.65. The Bertz CT molecular complexity index is 1200. The first-order valence-electron chi connectivity index (χ1n) is 11.0. The van der Waals surface area contributed by atoms with Crippen molar-refractivity contribution in [2.75, 3.05) is 26.9 Å². The van der Waals surface area contributed by atoms with Crippen LogP contribution in [0, 0.1) is 5.92 Å². The van der Waals surface area contributed by atoms with Gasteiger partial charge in [0.15, 0.2) is 11.5 Å². The quantitative estimate of drug-likeness (QED) is 0.405. The lowest BCUT2D eigenvalue weighted by Gasteiger charge is -2.23. The first kappa shape index (κ1) is 24.5. The van der Waals surface area contributed by atoms with Crippen LogP contribution in [0.5, 0.6) is 11.5 Å². The summed E-state index contributed by atoms with van der Waals surface area (Å²) >= 11 is 6.09. The monoisotopic (exact) mass is 502 g/mol. The van der Waals surface area contributed by atoms with Crippen molar-refractivity contribution in [3.63, 3.8) is 0 Å². The van der Waals surface area contributed by atoms with E-state index >= 15 is 0 Å². The lowest BCUT2D eigenvalue weighted by molar-refractivity contribution is 0.165. The molecule has 34 heavy (non-hydrogen) atoms. The van der Waals surface area contributed by atoms with Crippen molar-refractivity contribution in [1.29, 1.82) is 0 Å². The van der Waals surface area contributed by atoms with Gasteiger partial charge in [0.25, 0.3) is 0 Å². The molecule has 1 fully saturated rings. The highest BCUT2D eigenvalue weighted by molar-refractivity contribution is 7.89. The highest BCUT2D eigenvalue weighted by atomic mass is 35.5. The van der Waals surface area contributed by atoms with Gasteiger partial charge >= 0.3 is 0 Å². The van der Waals surface area contributed by atoms with Gasteiger partial charge in [0.05, 0.1) is 25.2 Å². The molecule has 1 aliphatic heterocycles. The van der Waals surface area contributed by atoms with Crippen molar-refractivity contribution in [2.45, 2.75) is 24.4 Å². The second-order valence-corrected chi connectivity index (χ2v) is 10.5. The normalized spacial score (nSPS) is 16.0. The zero-order valence-electron chi connectivity index (χ0n) is 18.9. The van der Waals surface area contributed by atoms with Crippen molar-refractivity contribution < 1.29 is 22.6 Å². The van der Waals surface area contributed by atoms with Crippen LogP contribution in [-0.4, -0.2) is 44.6 Å². The number of methoxy groups -OCH3 is 1. The Morgan fingerprint density at radius 2 is 1.94 bits per heavy atom. The second-order valence-electron chi connectivity index (χ2n) is 8.12. The van der Waals surface area contributed by atoms with Gasteiger partial charge in [0.2, 0.25) is 10.0 Å². The van der Waals surface area contributed by atoms with Crippen molar-refractivity contribution in [3.05, 3.63) is 83.1 Å². The van der Waals surface area contributed by atoms with E-state index in [1.807, 2.05) is 18.2 Å². The molecule has 0 N–H and O–H groups in total. The number of hydrogen-bond acceptors (Lipinski definition) is 6. The molecule has 1 saturated heterocycles. The SMILES string of the molecule is COc1ccc(CN(Cc2cccnc2)S(=O)(=O)c2cccc(Cl)c2)cc1OCC1CCOC1. The average molecular weight is 503 g/mol. The van der Waals surface area contributed by atoms with E-state index in [1.165, 1.54) is 10.4 Å². The first-order valence-corrected chi connectivity index (χ1v) is 12.8. The molecule has 0 radical (unpaired) electrons. The van der Waals surface area contributed by atoms with E-state index in [2.05, 4.69) is 4.98 Å². The Morgan fingerprint density at radius 1 is 1.09 bits per heavy atom. The predicted molar refractivity (Wildman–Crippen MR) is 130 cm³/mol. The van der Waals surface area contributed by atoms with Crippen LogP contribution in [0.2, 0.25) is 5.02 Å². The molecule has 0 amide bonds. The highest BCUT2D eigenvalue weighted by Gasteiger charge is 2.26. The summed E-state index contributed by atoms with van der Waals surface area (Å²) in [6, 6.07) is 15.4. The third kappa shape index (κ3) is 6.07. The maximum atomic E-state index is 13.6. The van der Waals surface area contributed by atoms with Crippen molar-refractivity contribution in [2.24, 2.45) is 5.92 Å². The van der Waals surface area contributed by atoms with Crippen LogP contribution in [0.4, 0.5) is 0 Å². The number of aromatic nitrogens is 1. The molecule has 180 valence electrons. The molecule has 1 aliphatic rings. The zero-order chi connectivity index (χ0) is 24.0. The largest absolute Gasteiger partial charge is 0.493 e. The topological polar surface area (TPSA) is 78.0 Å². The van der Waals surface area contributed by atoms with E-state index in [0.29, 0.717) is 35.7 Å². The van der Waals surface area contributed by atoms with Gasteiger partial charge < -0.3 is 14.2 Å². The number of benzene rings is 2. The maximum Gasteiger partial charge on any atom is 0.243 e. The van der Waals surface area contributed by atoms with Crippen LogP contribution < -0.4 is 9.47 Å².